The van der Waals surface area contributed by atoms with Gasteiger partial charge in [0.2, 0.25) is 29.5 Å². The molecule has 0 saturated carbocycles. The number of urea groups is 1. The van der Waals surface area contributed by atoms with Gasteiger partial charge in [0.1, 0.15) is 11.7 Å². The van der Waals surface area contributed by atoms with Crippen molar-refractivity contribution >= 4 is 64.6 Å². The Morgan fingerprint density at radius 1 is 0.716 bits per heavy atom. The van der Waals surface area contributed by atoms with Gasteiger partial charge in [0.05, 0.1) is 62.6 Å². The van der Waals surface area contributed by atoms with Crippen molar-refractivity contribution < 1.29 is 71.6 Å². The number of hydrogen-bond donors (Lipinski definition) is 5. The minimum atomic E-state index is -0.884. The average molecular weight is 1330 g/mol. The van der Waals surface area contributed by atoms with E-state index in [0.29, 0.717) is 56.3 Å². The summed E-state index contributed by atoms with van der Waals surface area (Å²) in [6.45, 7) is 20.4. The van der Waals surface area contributed by atoms with Crippen LogP contribution in [0.5, 0.6) is 0 Å². The second-order valence-electron chi connectivity index (χ2n) is 27.3. The number of rotatable bonds is 42. The Kier molecular flexibility index (Phi) is 34.7. The molecule has 0 bridgehead atoms. The number of benzene rings is 2. The Labute approximate surface area is 564 Å². The minimum Gasteiger partial charge on any atom is -0.466 e. The van der Waals surface area contributed by atoms with Crippen molar-refractivity contribution in [2.75, 3.05) is 73.6 Å². The lowest BCUT2D eigenvalue weighted by Crippen LogP contribution is -2.54. The fourth-order valence-corrected chi connectivity index (χ4v) is 13.3. The summed E-state index contributed by atoms with van der Waals surface area (Å²) in [4.78, 5) is 142. The number of esters is 1. The number of carbonyl (C=O) groups is 10. The highest BCUT2D eigenvalue weighted by atomic mass is 16.7. The lowest BCUT2D eigenvalue weighted by molar-refractivity contribution is -0.211. The maximum atomic E-state index is 14.7. The van der Waals surface area contributed by atoms with Gasteiger partial charge in [-0.1, -0.05) is 111 Å². The Balaban J connectivity index is 1.42. The third-order valence-electron chi connectivity index (χ3n) is 18.9. The van der Waals surface area contributed by atoms with Gasteiger partial charge in [-0.2, -0.15) is 0 Å². The topological polar surface area (TPSA) is 301 Å². The predicted molar refractivity (Wildman–Crippen MR) is 363 cm³/mol. The molecule has 2 aromatic carbocycles. The van der Waals surface area contributed by atoms with Gasteiger partial charge in [-0.3, -0.25) is 48.1 Å². The van der Waals surface area contributed by atoms with Crippen LogP contribution in [0, 0.1) is 53.3 Å². The number of likely N-dealkylation sites (tertiary alicyclic amines) is 1. The number of likely N-dealkylation sites (N-methyl/N-ethyl adjacent to an activating group) is 2. The molecule has 2 aliphatic heterocycles. The standard InChI is InChI=1S/C72H114N8O15/c1-16-47(9)66(79(13)70(88)55(44(3)4)39-59(83)65(46(7)8)78(11)12)60(91-14)40-62(85)80-35-23-27-56(80)67(92-15)48(10)57(81)38-52(36-49-24-19-18-20-25-49)68(86)75-41-50-30-32-54(33-31-50)76-69(87)51(26-22-34-74-72(73)90)37-58(82)64(45(5)6)77-61(84)28-21-29-63-94-42-53(43-95-63)71(89)93-17-2/h18-20,24-25,30-33,44-48,51-53,55-56,60,63-67H,16-17,21-23,26-29,34-43H2,1-15H3,(H,75,86)(H,76,87)(H,77,84)(H3,73,74,90)/t47-,48-,51+,52+,53?,55-,56?,60+,63?,64-,65-,66-,67+/m0/s1. The van der Waals surface area contributed by atoms with E-state index in [1.807, 2.05) is 90.9 Å². The lowest BCUT2D eigenvalue weighted by Gasteiger charge is -2.41. The molecule has 1 unspecified atom stereocenters. The number of anilines is 1. The monoisotopic (exact) mass is 1330 g/mol. The van der Waals surface area contributed by atoms with Crippen LogP contribution in [0.15, 0.2) is 54.6 Å². The predicted octanol–water partition coefficient (Wildman–Crippen LogP) is 7.68. The molecule has 6 N–H and O–H groups in total. The SMILES string of the molecule is CCOC(=O)C1COC(CCCC(=O)N[C@H](C(=O)C[C@@H](CCCNC(N)=O)C(=O)Nc2ccc(CNC(=O)[C@@H](CC(=O)[C@H](C)[C@@H](OC)C3CCCN3C(=O)C[C@@H](OC)[C@H]([C@@H](C)CC)N(C)C(=O)[C@@H](CC(=O)[C@H](C(C)C)N(C)C)C(C)C)Cc3ccccc3)cc2)C(C)C)OC1. The van der Waals surface area contributed by atoms with Gasteiger partial charge in [-0.25, -0.2) is 4.79 Å². The van der Waals surface area contributed by atoms with E-state index in [1.165, 1.54) is 7.11 Å². The summed E-state index contributed by atoms with van der Waals surface area (Å²) in [6, 6.07) is 13.4. The number of nitrogens with one attached hydrogen (secondary N) is 4. The van der Waals surface area contributed by atoms with Crippen molar-refractivity contribution in [3.05, 3.63) is 65.7 Å². The second kappa shape index (κ2) is 40.8. The van der Waals surface area contributed by atoms with Crippen LogP contribution in [-0.2, 0) is 79.8 Å². The molecule has 0 radical (unpaired) electrons. The van der Waals surface area contributed by atoms with Crippen molar-refractivity contribution in [3.8, 4) is 0 Å². The first kappa shape index (κ1) is 80.8. The van der Waals surface area contributed by atoms with Gasteiger partial charge in [0.15, 0.2) is 17.9 Å². The van der Waals surface area contributed by atoms with Crippen molar-refractivity contribution in [2.24, 2.45) is 59.0 Å². The molecule has 2 heterocycles. The van der Waals surface area contributed by atoms with Crippen LogP contribution in [-0.4, -0.2) is 185 Å². The zero-order valence-corrected chi connectivity index (χ0v) is 59.4. The summed E-state index contributed by atoms with van der Waals surface area (Å²) in [5.74, 6) is -6.21. The van der Waals surface area contributed by atoms with Gasteiger partial charge >= 0.3 is 12.0 Å². The highest BCUT2D eigenvalue weighted by Crippen LogP contribution is 2.33. The molecule has 0 aromatic heterocycles. The molecule has 0 aliphatic carbocycles. The number of Topliss-reactive ketones (excluding diaryl/α,β-unsaturated/α-hetero) is 3. The van der Waals surface area contributed by atoms with Crippen LogP contribution >= 0.6 is 0 Å². The van der Waals surface area contributed by atoms with Crippen molar-refractivity contribution in [3.63, 3.8) is 0 Å². The van der Waals surface area contributed by atoms with Crippen molar-refractivity contribution in [2.45, 2.75) is 202 Å². The van der Waals surface area contributed by atoms with Gasteiger partial charge in [-0.05, 0) is 113 Å². The normalized spacial score (nSPS) is 18.9. The summed E-state index contributed by atoms with van der Waals surface area (Å²) < 4.78 is 28.7. The van der Waals surface area contributed by atoms with E-state index < -0.39 is 78.2 Å². The van der Waals surface area contributed by atoms with Crippen molar-refractivity contribution in [1.29, 1.82) is 0 Å². The zero-order valence-electron chi connectivity index (χ0n) is 59.4. The summed E-state index contributed by atoms with van der Waals surface area (Å²) in [5, 5.41) is 11.3. The molecule has 532 valence electrons. The minimum absolute atomic E-state index is 0.0143. The van der Waals surface area contributed by atoms with Crippen LogP contribution < -0.4 is 27.0 Å². The van der Waals surface area contributed by atoms with E-state index in [2.05, 4.69) is 21.3 Å². The Morgan fingerprint density at radius 2 is 1.37 bits per heavy atom. The average Bonchev–Trinajstić information content (AvgIpc) is 1.80. The number of methoxy groups -OCH3 is 2. The van der Waals surface area contributed by atoms with E-state index in [-0.39, 0.29) is 155 Å². The smallest absolute Gasteiger partial charge is 0.313 e. The molecule has 7 amide bonds. The lowest BCUT2D eigenvalue weighted by atomic mass is 9.83. The van der Waals surface area contributed by atoms with Gasteiger partial charge in [-0.15, -0.1) is 0 Å². The van der Waals surface area contributed by atoms with Crippen molar-refractivity contribution in [1.82, 2.24) is 30.7 Å². The van der Waals surface area contributed by atoms with Gasteiger partial charge in [0.25, 0.3) is 0 Å². The van der Waals surface area contributed by atoms with Crippen LogP contribution in [0.2, 0.25) is 0 Å². The third kappa shape index (κ3) is 25.4. The summed E-state index contributed by atoms with van der Waals surface area (Å²) in [5.41, 5.74) is 7.30. The number of ether oxygens (including phenoxy) is 5. The van der Waals surface area contributed by atoms with E-state index in [9.17, 15) is 47.9 Å². The number of ketones is 3. The Bertz CT molecular complexity index is 2770. The molecule has 23 heteroatoms. The maximum absolute atomic E-state index is 14.7. The molecule has 2 saturated heterocycles. The highest BCUT2D eigenvalue weighted by Gasteiger charge is 2.44. The molecule has 2 aromatic rings. The van der Waals surface area contributed by atoms with Gasteiger partial charge in [0, 0.05) is 95.9 Å². The van der Waals surface area contributed by atoms with Gasteiger partial charge < -0.3 is 60.5 Å². The first-order chi connectivity index (χ1) is 45.1. The Hall–Kier alpha value is -6.66. The molecule has 23 nitrogen and oxygen atoms in total. The molecular weight excluding hydrogens is 1220 g/mol. The van der Waals surface area contributed by atoms with Crippen LogP contribution in [0.3, 0.4) is 0 Å². The Morgan fingerprint density at radius 3 is 1.94 bits per heavy atom. The van der Waals surface area contributed by atoms with E-state index in [1.54, 1.807) is 75.9 Å². The zero-order chi connectivity index (χ0) is 70.6. The summed E-state index contributed by atoms with van der Waals surface area (Å²) >= 11 is 0. The highest BCUT2D eigenvalue weighted by molar-refractivity contribution is 5.97. The second-order valence-corrected chi connectivity index (χ2v) is 27.3. The molecule has 4 rings (SSSR count). The largest absolute Gasteiger partial charge is 0.466 e. The molecule has 11 atom stereocenters. The first-order valence-electron chi connectivity index (χ1n) is 34.4. The molecule has 2 fully saturated rings. The maximum Gasteiger partial charge on any atom is 0.313 e. The van der Waals surface area contributed by atoms with Crippen LogP contribution in [0.4, 0.5) is 10.5 Å². The first-order valence-corrected chi connectivity index (χ1v) is 34.4. The number of nitrogens with two attached hydrogens (primary N) is 1. The van der Waals surface area contributed by atoms with Crippen LogP contribution in [0.25, 0.3) is 0 Å². The molecule has 95 heavy (non-hydrogen) atoms. The number of hydrogen-bond acceptors (Lipinski definition) is 16. The van der Waals surface area contributed by atoms with E-state index in [0.717, 1.165) is 5.56 Å². The third-order valence-corrected chi connectivity index (χ3v) is 18.9. The number of nitrogens with zero attached hydrogens (tertiary/aromatic N) is 3. The fraction of sp³-hybridized carbons (Fsp3) is 0.694. The molecule has 0 spiro atoms. The van der Waals surface area contributed by atoms with E-state index in [4.69, 9.17) is 29.4 Å². The summed E-state index contributed by atoms with van der Waals surface area (Å²) in [6.07, 6.45) is 1.51. The fourth-order valence-electron chi connectivity index (χ4n) is 13.3. The number of primary amides is 1. The summed E-state index contributed by atoms with van der Waals surface area (Å²) in [7, 11) is 8.60. The van der Waals surface area contributed by atoms with Crippen LogP contribution in [0.1, 0.15) is 157 Å². The number of amides is 7. The number of carbonyl (C=O) groups excluding carboxylic acids is 10. The molecular formula is C72H114N8O15. The quantitative estimate of drug-likeness (QED) is 0.0314. The molecule has 2 aliphatic rings. The van der Waals surface area contributed by atoms with E-state index >= 15 is 0 Å².